The first kappa shape index (κ1) is 21.4. The molecule has 1 aliphatic heterocycles. The third-order valence-corrected chi connectivity index (χ3v) is 7.89. The lowest BCUT2D eigenvalue weighted by molar-refractivity contribution is 0.0689. The van der Waals surface area contributed by atoms with Gasteiger partial charge in [-0.3, -0.25) is 4.79 Å². The molecule has 2 heterocycles. The van der Waals surface area contributed by atoms with Crippen molar-refractivity contribution >= 4 is 32.8 Å². The van der Waals surface area contributed by atoms with Gasteiger partial charge in [0.25, 0.3) is 5.91 Å². The van der Waals surface area contributed by atoms with Crippen LogP contribution in [0.4, 0.5) is 0 Å². The van der Waals surface area contributed by atoms with Crippen LogP contribution in [0.25, 0.3) is 17.0 Å². The molecule has 1 amide bonds. The molecule has 6 heteroatoms. The van der Waals surface area contributed by atoms with Crippen LogP contribution >= 0.6 is 0 Å². The fraction of sp³-hybridized carbons (Fsp3) is 0.320. The van der Waals surface area contributed by atoms with Crippen LogP contribution in [-0.4, -0.2) is 43.3 Å². The Morgan fingerprint density at radius 3 is 2.52 bits per heavy atom. The van der Waals surface area contributed by atoms with E-state index in [1.54, 1.807) is 4.90 Å². The van der Waals surface area contributed by atoms with E-state index in [0.29, 0.717) is 18.7 Å². The van der Waals surface area contributed by atoms with Crippen LogP contribution in [0.1, 0.15) is 39.2 Å². The molecule has 1 aliphatic rings. The highest BCUT2D eigenvalue weighted by atomic mass is 32.2. The normalized spacial score (nSPS) is 18.1. The largest absolute Gasteiger partial charge is 0.450 e. The van der Waals surface area contributed by atoms with E-state index in [9.17, 15) is 13.2 Å². The van der Waals surface area contributed by atoms with E-state index < -0.39 is 9.84 Å². The molecule has 31 heavy (non-hydrogen) atoms. The van der Waals surface area contributed by atoms with Crippen LogP contribution in [0.2, 0.25) is 0 Å². The van der Waals surface area contributed by atoms with Crippen LogP contribution in [0.3, 0.4) is 0 Å². The SMILES string of the molecule is Cc1ccc2c(C)c(C(=O)N(C/C=C/c3ccccc3)C3CCS(=O)(=O)C3)oc2c1C. The average molecular weight is 438 g/mol. The molecular formula is C25H27NO4S. The first-order valence-electron chi connectivity index (χ1n) is 10.5. The maximum atomic E-state index is 13.6. The van der Waals surface area contributed by atoms with Gasteiger partial charge in [-0.25, -0.2) is 8.42 Å². The van der Waals surface area contributed by atoms with Gasteiger partial charge in [-0.15, -0.1) is 0 Å². The maximum Gasteiger partial charge on any atom is 0.290 e. The predicted octanol–water partition coefficient (Wildman–Crippen LogP) is 4.70. The number of aryl methyl sites for hydroxylation is 3. The highest BCUT2D eigenvalue weighted by molar-refractivity contribution is 7.91. The number of amides is 1. The second-order valence-electron chi connectivity index (χ2n) is 8.27. The molecule has 1 unspecified atom stereocenters. The molecule has 2 aromatic carbocycles. The summed E-state index contributed by atoms with van der Waals surface area (Å²) >= 11 is 0. The first-order chi connectivity index (χ1) is 14.8. The van der Waals surface area contributed by atoms with E-state index in [1.807, 2.05) is 75.4 Å². The average Bonchev–Trinajstić information content (AvgIpc) is 3.28. The summed E-state index contributed by atoms with van der Waals surface area (Å²) < 4.78 is 30.3. The second-order valence-corrected chi connectivity index (χ2v) is 10.5. The molecule has 0 N–H and O–H groups in total. The molecule has 1 fully saturated rings. The number of carbonyl (C=O) groups excluding carboxylic acids is 1. The molecule has 162 valence electrons. The zero-order valence-electron chi connectivity index (χ0n) is 18.1. The molecule has 0 bridgehead atoms. The van der Waals surface area contributed by atoms with Crippen molar-refractivity contribution in [2.24, 2.45) is 0 Å². The van der Waals surface area contributed by atoms with Crippen molar-refractivity contribution in [3.63, 3.8) is 0 Å². The lowest BCUT2D eigenvalue weighted by Crippen LogP contribution is -2.41. The number of nitrogens with zero attached hydrogens (tertiary/aromatic N) is 1. The Bertz CT molecular complexity index is 1260. The van der Waals surface area contributed by atoms with Crippen molar-refractivity contribution in [3.05, 3.63) is 76.6 Å². The third kappa shape index (κ3) is 4.30. The lowest BCUT2D eigenvalue weighted by atomic mass is 10.0. The second kappa shape index (κ2) is 8.35. The summed E-state index contributed by atoms with van der Waals surface area (Å²) in [4.78, 5) is 15.2. The summed E-state index contributed by atoms with van der Waals surface area (Å²) in [5, 5.41) is 0.922. The van der Waals surface area contributed by atoms with Gasteiger partial charge in [0.2, 0.25) is 0 Å². The van der Waals surface area contributed by atoms with Gasteiger partial charge < -0.3 is 9.32 Å². The molecule has 0 spiro atoms. The van der Waals surface area contributed by atoms with Crippen molar-refractivity contribution in [2.45, 2.75) is 33.2 Å². The molecule has 0 aliphatic carbocycles. The summed E-state index contributed by atoms with van der Waals surface area (Å²) in [6.07, 6.45) is 4.30. The fourth-order valence-electron chi connectivity index (χ4n) is 4.14. The minimum absolute atomic E-state index is 0.00463. The van der Waals surface area contributed by atoms with Gasteiger partial charge >= 0.3 is 0 Å². The van der Waals surface area contributed by atoms with Gasteiger partial charge in [0.1, 0.15) is 5.58 Å². The number of rotatable bonds is 5. The molecule has 1 saturated heterocycles. The molecule has 5 nitrogen and oxygen atoms in total. The predicted molar refractivity (Wildman–Crippen MR) is 124 cm³/mol. The monoisotopic (exact) mass is 437 g/mol. The van der Waals surface area contributed by atoms with Crippen molar-refractivity contribution in [3.8, 4) is 0 Å². The smallest absolute Gasteiger partial charge is 0.290 e. The van der Waals surface area contributed by atoms with Crippen molar-refractivity contribution in [1.82, 2.24) is 4.90 Å². The fourth-order valence-corrected chi connectivity index (χ4v) is 5.87. The summed E-state index contributed by atoms with van der Waals surface area (Å²) in [5.41, 5.74) is 4.66. The highest BCUT2D eigenvalue weighted by Gasteiger charge is 2.36. The van der Waals surface area contributed by atoms with Crippen LogP contribution in [0.15, 0.2) is 53.0 Å². The molecule has 1 atom stereocenters. The Morgan fingerprint density at radius 1 is 1.10 bits per heavy atom. The zero-order valence-corrected chi connectivity index (χ0v) is 18.9. The van der Waals surface area contributed by atoms with Gasteiger partial charge in [-0.1, -0.05) is 54.6 Å². The molecule has 4 rings (SSSR count). The Labute approximate surface area is 183 Å². The highest BCUT2D eigenvalue weighted by Crippen LogP contribution is 2.31. The van der Waals surface area contributed by atoms with E-state index in [4.69, 9.17) is 4.42 Å². The van der Waals surface area contributed by atoms with Crippen LogP contribution < -0.4 is 0 Å². The molecule has 0 saturated carbocycles. The van der Waals surface area contributed by atoms with Crippen LogP contribution in [0.5, 0.6) is 0 Å². The van der Waals surface area contributed by atoms with Gasteiger partial charge in [-0.05, 0) is 43.9 Å². The number of furan rings is 1. The van der Waals surface area contributed by atoms with Gasteiger partial charge in [0, 0.05) is 23.5 Å². The first-order valence-corrected chi connectivity index (χ1v) is 12.3. The van der Waals surface area contributed by atoms with E-state index in [2.05, 4.69) is 0 Å². The Morgan fingerprint density at radius 2 is 1.84 bits per heavy atom. The summed E-state index contributed by atoms with van der Waals surface area (Å²) in [6, 6.07) is 13.5. The van der Waals surface area contributed by atoms with E-state index >= 15 is 0 Å². The minimum Gasteiger partial charge on any atom is -0.450 e. The summed E-state index contributed by atoms with van der Waals surface area (Å²) in [6.45, 7) is 6.20. The zero-order chi connectivity index (χ0) is 22.2. The lowest BCUT2D eigenvalue weighted by Gasteiger charge is -2.26. The van der Waals surface area contributed by atoms with Crippen LogP contribution in [-0.2, 0) is 9.84 Å². The van der Waals surface area contributed by atoms with E-state index in [0.717, 1.165) is 33.2 Å². The van der Waals surface area contributed by atoms with Crippen molar-refractivity contribution in [1.29, 1.82) is 0 Å². The van der Waals surface area contributed by atoms with E-state index in [-0.39, 0.29) is 23.5 Å². The number of hydrogen-bond donors (Lipinski definition) is 0. The van der Waals surface area contributed by atoms with Crippen LogP contribution in [0, 0.1) is 20.8 Å². The van der Waals surface area contributed by atoms with Gasteiger partial charge in [0.05, 0.1) is 11.5 Å². The van der Waals surface area contributed by atoms with E-state index in [1.165, 1.54) is 0 Å². The molecule has 0 radical (unpaired) electrons. The Kier molecular flexibility index (Phi) is 5.75. The summed E-state index contributed by atoms with van der Waals surface area (Å²) in [5.74, 6) is 0.142. The quantitative estimate of drug-likeness (QED) is 0.580. The number of hydrogen-bond acceptors (Lipinski definition) is 4. The molecule has 1 aromatic heterocycles. The maximum absolute atomic E-state index is 13.6. The number of fused-ring (bicyclic) bond motifs is 1. The molecule has 3 aromatic rings. The van der Waals surface area contributed by atoms with Crippen molar-refractivity contribution in [2.75, 3.05) is 18.1 Å². The number of carbonyl (C=O) groups is 1. The summed E-state index contributed by atoms with van der Waals surface area (Å²) in [7, 11) is -3.13. The van der Waals surface area contributed by atoms with Crippen molar-refractivity contribution < 1.29 is 17.6 Å². The number of sulfone groups is 1. The van der Waals surface area contributed by atoms with Gasteiger partial charge in [-0.2, -0.15) is 0 Å². The third-order valence-electron chi connectivity index (χ3n) is 6.14. The molecular weight excluding hydrogens is 410 g/mol. The number of benzene rings is 2. The topological polar surface area (TPSA) is 67.6 Å². The standard InChI is InChI=1S/C25H27NO4S/c1-17-11-12-22-19(3)24(30-23(22)18(17)2)25(27)26(21-13-15-31(28,29)16-21)14-7-10-20-8-5-4-6-9-20/h4-12,21H,13-16H2,1-3H3/b10-7+. The van der Waals surface area contributed by atoms with Gasteiger partial charge in [0.15, 0.2) is 15.6 Å². The Balaban J connectivity index is 1.68. The minimum atomic E-state index is -3.13. The Hall–Kier alpha value is -2.86.